The van der Waals surface area contributed by atoms with E-state index in [1.807, 2.05) is 34.7 Å². The van der Waals surface area contributed by atoms with E-state index in [1.54, 1.807) is 23.1 Å². The molecule has 0 unspecified atom stereocenters. The summed E-state index contributed by atoms with van der Waals surface area (Å²) in [7, 11) is 0. The SMILES string of the molecule is Cc1cc(C)n(CCN(C(=O)CCSc2ccccc2)c2nc3c(C(C)C)cccc3s2)n1. The third-order valence-electron chi connectivity index (χ3n) is 5.56. The van der Waals surface area contributed by atoms with Gasteiger partial charge in [-0.2, -0.15) is 5.10 Å². The molecule has 0 bridgehead atoms. The Kier molecular flexibility index (Phi) is 7.50. The van der Waals surface area contributed by atoms with E-state index in [1.165, 1.54) is 10.5 Å². The molecule has 33 heavy (non-hydrogen) atoms. The number of hydrogen-bond acceptors (Lipinski definition) is 5. The van der Waals surface area contributed by atoms with E-state index in [9.17, 15) is 4.79 Å². The first-order valence-corrected chi connectivity index (χ1v) is 13.1. The van der Waals surface area contributed by atoms with Crippen LogP contribution in [0.3, 0.4) is 0 Å². The third-order valence-corrected chi connectivity index (χ3v) is 7.62. The van der Waals surface area contributed by atoms with E-state index in [-0.39, 0.29) is 5.91 Å². The van der Waals surface area contributed by atoms with Gasteiger partial charge in [-0.15, -0.1) is 11.8 Å². The summed E-state index contributed by atoms with van der Waals surface area (Å²) in [5.41, 5.74) is 4.33. The van der Waals surface area contributed by atoms with Crippen LogP contribution in [0.15, 0.2) is 59.5 Å². The highest BCUT2D eigenvalue weighted by Gasteiger charge is 2.21. The number of fused-ring (bicyclic) bond motifs is 1. The lowest BCUT2D eigenvalue weighted by Crippen LogP contribution is -2.34. The number of benzene rings is 2. The van der Waals surface area contributed by atoms with Crippen LogP contribution in [0, 0.1) is 13.8 Å². The number of nitrogens with zero attached hydrogens (tertiary/aromatic N) is 4. The molecule has 1 amide bonds. The van der Waals surface area contributed by atoms with Crippen LogP contribution in [0.25, 0.3) is 10.2 Å². The molecule has 2 heterocycles. The number of anilines is 1. The number of para-hydroxylation sites is 1. The number of thiazole rings is 1. The van der Waals surface area contributed by atoms with Gasteiger partial charge in [-0.25, -0.2) is 4.98 Å². The van der Waals surface area contributed by atoms with Gasteiger partial charge in [-0.1, -0.05) is 55.5 Å². The summed E-state index contributed by atoms with van der Waals surface area (Å²) in [4.78, 5) is 21.4. The number of amides is 1. The van der Waals surface area contributed by atoms with Crippen LogP contribution < -0.4 is 4.90 Å². The first-order valence-electron chi connectivity index (χ1n) is 11.3. The summed E-state index contributed by atoms with van der Waals surface area (Å²) in [5.74, 6) is 1.22. The average molecular weight is 479 g/mol. The lowest BCUT2D eigenvalue weighted by molar-refractivity contribution is -0.118. The molecule has 0 saturated heterocycles. The van der Waals surface area contributed by atoms with Gasteiger partial charge in [0.1, 0.15) is 0 Å². The smallest absolute Gasteiger partial charge is 0.229 e. The van der Waals surface area contributed by atoms with Gasteiger partial charge in [0.15, 0.2) is 5.13 Å². The summed E-state index contributed by atoms with van der Waals surface area (Å²) >= 11 is 3.31. The minimum atomic E-state index is 0.102. The summed E-state index contributed by atoms with van der Waals surface area (Å²) in [6.07, 6.45) is 0.462. The van der Waals surface area contributed by atoms with E-state index in [0.717, 1.165) is 32.5 Å². The molecule has 0 aliphatic heterocycles. The van der Waals surface area contributed by atoms with Crippen LogP contribution in [0.1, 0.15) is 43.1 Å². The molecule has 0 N–H and O–H groups in total. The van der Waals surface area contributed by atoms with Gasteiger partial charge in [0.2, 0.25) is 5.91 Å². The molecule has 5 nitrogen and oxygen atoms in total. The molecule has 0 spiro atoms. The molecular formula is C26H30N4OS2. The zero-order valence-electron chi connectivity index (χ0n) is 19.6. The maximum absolute atomic E-state index is 13.4. The summed E-state index contributed by atoms with van der Waals surface area (Å²) in [5, 5.41) is 5.35. The maximum Gasteiger partial charge on any atom is 0.229 e. The van der Waals surface area contributed by atoms with Crippen LogP contribution in [0.4, 0.5) is 5.13 Å². The number of aryl methyl sites for hydroxylation is 2. The Morgan fingerprint density at radius 2 is 1.91 bits per heavy atom. The van der Waals surface area contributed by atoms with Crippen molar-refractivity contribution in [3.05, 3.63) is 71.5 Å². The number of carbonyl (C=O) groups excluding carboxylic acids is 1. The summed E-state index contributed by atoms with van der Waals surface area (Å²) < 4.78 is 3.10. The van der Waals surface area contributed by atoms with E-state index in [2.05, 4.69) is 62.3 Å². The number of thioether (sulfide) groups is 1. The highest BCUT2D eigenvalue weighted by atomic mass is 32.2. The Bertz CT molecular complexity index is 1230. The van der Waals surface area contributed by atoms with E-state index in [4.69, 9.17) is 4.98 Å². The van der Waals surface area contributed by atoms with E-state index >= 15 is 0 Å². The number of rotatable bonds is 9. The van der Waals surface area contributed by atoms with Crippen LogP contribution in [0.5, 0.6) is 0 Å². The number of carbonyl (C=O) groups is 1. The first-order chi connectivity index (χ1) is 15.9. The number of hydrogen-bond donors (Lipinski definition) is 0. The topological polar surface area (TPSA) is 51.0 Å². The summed E-state index contributed by atoms with van der Waals surface area (Å²) in [6, 6.07) is 18.6. The van der Waals surface area contributed by atoms with Crippen molar-refractivity contribution in [1.29, 1.82) is 0 Å². The van der Waals surface area contributed by atoms with Crippen molar-refractivity contribution in [2.45, 2.75) is 51.5 Å². The Morgan fingerprint density at radius 1 is 1.12 bits per heavy atom. The van der Waals surface area contributed by atoms with Gasteiger partial charge >= 0.3 is 0 Å². The highest BCUT2D eigenvalue weighted by molar-refractivity contribution is 7.99. The average Bonchev–Trinajstić information content (AvgIpc) is 3.36. The second-order valence-corrected chi connectivity index (χ2v) is 10.6. The van der Waals surface area contributed by atoms with Crippen molar-refractivity contribution < 1.29 is 4.79 Å². The van der Waals surface area contributed by atoms with Crippen LogP contribution >= 0.6 is 23.1 Å². The minimum absolute atomic E-state index is 0.102. The van der Waals surface area contributed by atoms with Crippen LogP contribution in [-0.2, 0) is 11.3 Å². The Labute approximate surface area is 203 Å². The number of aromatic nitrogens is 3. The van der Waals surface area contributed by atoms with Gasteiger partial charge in [0.25, 0.3) is 0 Å². The molecule has 0 fully saturated rings. The van der Waals surface area contributed by atoms with Gasteiger partial charge in [-0.05, 0) is 49.6 Å². The van der Waals surface area contributed by atoms with Crippen molar-refractivity contribution in [2.24, 2.45) is 0 Å². The maximum atomic E-state index is 13.4. The third kappa shape index (κ3) is 5.65. The highest BCUT2D eigenvalue weighted by Crippen LogP contribution is 2.34. The Hall–Kier alpha value is -2.64. The van der Waals surface area contributed by atoms with Crippen molar-refractivity contribution >= 4 is 44.4 Å². The van der Waals surface area contributed by atoms with Gasteiger partial charge in [-0.3, -0.25) is 14.4 Å². The zero-order chi connectivity index (χ0) is 23.4. The summed E-state index contributed by atoms with van der Waals surface area (Å²) in [6.45, 7) is 9.60. The lowest BCUT2D eigenvalue weighted by atomic mass is 10.0. The molecule has 4 aromatic rings. The lowest BCUT2D eigenvalue weighted by Gasteiger charge is -2.20. The fourth-order valence-corrected chi connectivity index (χ4v) is 5.78. The first kappa shape index (κ1) is 23.5. The molecule has 2 aromatic heterocycles. The quantitative estimate of drug-likeness (QED) is 0.259. The molecule has 0 aliphatic carbocycles. The Balaban J connectivity index is 1.56. The van der Waals surface area contributed by atoms with Crippen molar-refractivity contribution in [1.82, 2.24) is 14.8 Å². The fourth-order valence-electron chi connectivity index (χ4n) is 3.87. The normalized spacial score (nSPS) is 11.4. The minimum Gasteiger partial charge on any atom is -0.286 e. The second-order valence-electron chi connectivity index (χ2n) is 8.45. The van der Waals surface area contributed by atoms with Crippen molar-refractivity contribution in [2.75, 3.05) is 17.2 Å². The van der Waals surface area contributed by atoms with Crippen molar-refractivity contribution in [3.8, 4) is 0 Å². The molecule has 4 rings (SSSR count). The van der Waals surface area contributed by atoms with Gasteiger partial charge in [0.05, 0.1) is 22.5 Å². The van der Waals surface area contributed by atoms with Crippen LogP contribution in [-0.4, -0.2) is 33.0 Å². The van der Waals surface area contributed by atoms with Crippen LogP contribution in [0.2, 0.25) is 0 Å². The standard InChI is InChI=1S/C26H30N4OS2/c1-18(2)22-11-8-12-23-25(22)27-26(33-23)29(14-15-30-20(4)17-19(3)28-30)24(31)13-16-32-21-9-6-5-7-10-21/h5-12,17-18H,13-16H2,1-4H3. The molecule has 0 saturated carbocycles. The molecule has 0 radical (unpaired) electrons. The van der Waals surface area contributed by atoms with Gasteiger partial charge < -0.3 is 0 Å². The fraction of sp³-hybridized carbons (Fsp3) is 0.346. The predicted octanol–water partition coefficient (Wildman–Crippen LogP) is 6.45. The second kappa shape index (κ2) is 10.5. The monoisotopic (exact) mass is 478 g/mol. The molecular weight excluding hydrogens is 448 g/mol. The largest absolute Gasteiger partial charge is 0.286 e. The molecule has 0 aliphatic rings. The zero-order valence-corrected chi connectivity index (χ0v) is 21.2. The predicted molar refractivity (Wildman–Crippen MR) is 140 cm³/mol. The molecule has 172 valence electrons. The molecule has 0 atom stereocenters. The van der Waals surface area contributed by atoms with E-state index in [0.29, 0.717) is 25.4 Å². The Morgan fingerprint density at radius 3 is 2.61 bits per heavy atom. The van der Waals surface area contributed by atoms with Crippen molar-refractivity contribution in [3.63, 3.8) is 0 Å². The van der Waals surface area contributed by atoms with E-state index < -0.39 is 0 Å². The molecule has 2 aromatic carbocycles. The van der Waals surface area contributed by atoms with Gasteiger partial charge in [0, 0.05) is 29.3 Å². The molecule has 7 heteroatoms.